The van der Waals surface area contributed by atoms with Gasteiger partial charge in [0.05, 0.1) is 0 Å². The summed E-state index contributed by atoms with van der Waals surface area (Å²) >= 11 is 0. The van der Waals surface area contributed by atoms with Crippen LogP contribution < -0.4 is 5.32 Å². The first-order valence-electron chi connectivity index (χ1n) is 6.24. The number of amides is 2. The molecule has 0 aromatic rings. The van der Waals surface area contributed by atoms with Crippen LogP contribution in [0, 0.1) is 5.92 Å². The zero-order valence-electron chi connectivity index (χ0n) is 10.6. The number of hydrogen-bond donors (Lipinski definition) is 2. The van der Waals surface area contributed by atoms with Crippen LogP contribution in [0.4, 0.5) is 0 Å². The van der Waals surface area contributed by atoms with Crippen molar-refractivity contribution in [3.05, 3.63) is 0 Å². The fourth-order valence-corrected chi connectivity index (χ4v) is 1.92. The molecule has 0 aliphatic carbocycles. The van der Waals surface area contributed by atoms with Crippen LogP contribution in [0.3, 0.4) is 0 Å². The number of carbonyl (C=O) groups excluding carboxylic acids is 2. The summed E-state index contributed by atoms with van der Waals surface area (Å²) in [5, 5.41) is 11.2. The topological polar surface area (TPSA) is 86.7 Å². The van der Waals surface area contributed by atoms with Gasteiger partial charge in [-0.05, 0) is 19.3 Å². The van der Waals surface area contributed by atoms with Crippen molar-refractivity contribution in [1.29, 1.82) is 0 Å². The van der Waals surface area contributed by atoms with E-state index in [0.717, 1.165) is 0 Å². The van der Waals surface area contributed by atoms with Crippen molar-refractivity contribution in [2.45, 2.75) is 32.1 Å². The molecule has 1 atom stereocenters. The summed E-state index contributed by atoms with van der Waals surface area (Å²) in [6.07, 6.45) is 2.31. The Balaban J connectivity index is 2.17. The molecule has 1 rings (SSSR count). The second kappa shape index (κ2) is 6.98. The number of hydrogen-bond acceptors (Lipinski definition) is 3. The molecule has 0 spiro atoms. The van der Waals surface area contributed by atoms with Gasteiger partial charge in [0.1, 0.15) is 0 Å². The number of carbonyl (C=O) groups is 3. The molecule has 0 radical (unpaired) electrons. The van der Waals surface area contributed by atoms with E-state index in [2.05, 4.69) is 5.32 Å². The molecule has 2 N–H and O–H groups in total. The number of carboxylic acid groups (broad SMARTS) is 1. The minimum Gasteiger partial charge on any atom is -0.481 e. The fourth-order valence-electron chi connectivity index (χ4n) is 1.92. The quantitative estimate of drug-likeness (QED) is 0.666. The van der Waals surface area contributed by atoms with Gasteiger partial charge in [-0.15, -0.1) is 0 Å². The van der Waals surface area contributed by atoms with E-state index in [9.17, 15) is 14.4 Å². The van der Waals surface area contributed by atoms with Crippen molar-refractivity contribution >= 4 is 17.8 Å². The first kappa shape index (κ1) is 14.5. The standard InChI is InChI=1S/C12H20N2O4/c1-14-7-5-9(8-10(14)15)12(18)13-6-3-2-4-11(16)17/h9H,2-8H2,1H3,(H,13,18)(H,16,17). The SMILES string of the molecule is CN1CCC(C(=O)NCCCCC(=O)O)CC1=O. The molecule has 2 amide bonds. The molecule has 6 nitrogen and oxygen atoms in total. The minimum absolute atomic E-state index is 0.00674. The number of unbranched alkanes of at least 4 members (excludes halogenated alkanes) is 1. The minimum atomic E-state index is -0.817. The summed E-state index contributed by atoms with van der Waals surface area (Å²) < 4.78 is 0. The zero-order chi connectivity index (χ0) is 13.5. The van der Waals surface area contributed by atoms with Crippen LogP contribution in [0.15, 0.2) is 0 Å². The van der Waals surface area contributed by atoms with Gasteiger partial charge in [-0.1, -0.05) is 0 Å². The number of nitrogens with one attached hydrogen (secondary N) is 1. The van der Waals surface area contributed by atoms with Crippen LogP contribution in [-0.4, -0.2) is 47.9 Å². The molecule has 0 saturated carbocycles. The Morgan fingerprint density at radius 2 is 2.17 bits per heavy atom. The molecule has 102 valence electrons. The van der Waals surface area contributed by atoms with Gasteiger partial charge < -0.3 is 15.3 Å². The third kappa shape index (κ3) is 4.73. The van der Waals surface area contributed by atoms with E-state index in [0.29, 0.717) is 32.4 Å². The zero-order valence-corrected chi connectivity index (χ0v) is 10.6. The Morgan fingerprint density at radius 3 is 2.78 bits per heavy atom. The van der Waals surface area contributed by atoms with E-state index in [-0.39, 0.29) is 30.6 Å². The van der Waals surface area contributed by atoms with E-state index in [1.807, 2.05) is 0 Å². The second-order valence-corrected chi connectivity index (χ2v) is 4.65. The van der Waals surface area contributed by atoms with Crippen LogP contribution in [0.25, 0.3) is 0 Å². The van der Waals surface area contributed by atoms with Crippen molar-refractivity contribution in [2.24, 2.45) is 5.92 Å². The molecule has 1 aliphatic heterocycles. The lowest BCUT2D eigenvalue weighted by Gasteiger charge is -2.27. The van der Waals surface area contributed by atoms with E-state index >= 15 is 0 Å². The summed E-state index contributed by atoms with van der Waals surface area (Å²) in [7, 11) is 1.74. The molecule has 0 aromatic carbocycles. The molecule has 1 saturated heterocycles. The molecular formula is C12H20N2O4. The number of likely N-dealkylation sites (tertiary alicyclic amines) is 1. The van der Waals surface area contributed by atoms with Gasteiger partial charge in [-0.2, -0.15) is 0 Å². The third-order valence-corrected chi connectivity index (χ3v) is 3.15. The van der Waals surface area contributed by atoms with Gasteiger partial charge in [0.15, 0.2) is 0 Å². The molecule has 1 heterocycles. The molecule has 18 heavy (non-hydrogen) atoms. The van der Waals surface area contributed by atoms with Crippen LogP contribution in [0.1, 0.15) is 32.1 Å². The highest BCUT2D eigenvalue weighted by molar-refractivity contribution is 5.86. The van der Waals surface area contributed by atoms with Crippen molar-refractivity contribution in [3.8, 4) is 0 Å². The van der Waals surface area contributed by atoms with Gasteiger partial charge in [0.2, 0.25) is 11.8 Å². The average molecular weight is 256 g/mol. The Hall–Kier alpha value is -1.59. The van der Waals surface area contributed by atoms with Gasteiger partial charge in [0, 0.05) is 38.9 Å². The normalized spacial score (nSPS) is 19.7. The lowest BCUT2D eigenvalue weighted by Crippen LogP contribution is -2.42. The number of piperidine rings is 1. The van der Waals surface area contributed by atoms with E-state index < -0.39 is 5.97 Å². The highest BCUT2D eigenvalue weighted by Gasteiger charge is 2.28. The highest BCUT2D eigenvalue weighted by atomic mass is 16.4. The average Bonchev–Trinajstić information content (AvgIpc) is 2.31. The predicted octanol–water partition coefficient (Wildman–Crippen LogP) is 0.226. The summed E-state index contributed by atoms with van der Waals surface area (Å²) in [5.74, 6) is -1.13. The Bertz CT molecular complexity index is 330. The Morgan fingerprint density at radius 1 is 1.44 bits per heavy atom. The van der Waals surface area contributed by atoms with E-state index in [1.54, 1.807) is 11.9 Å². The molecular weight excluding hydrogens is 236 g/mol. The van der Waals surface area contributed by atoms with Crippen LogP contribution >= 0.6 is 0 Å². The van der Waals surface area contributed by atoms with Crippen molar-refractivity contribution in [2.75, 3.05) is 20.1 Å². The number of rotatable bonds is 6. The third-order valence-electron chi connectivity index (χ3n) is 3.15. The number of nitrogens with zero attached hydrogens (tertiary/aromatic N) is 1. The van der Waals surface area contributed by atoms with Crippen LogP contribution in [-0.2, 0) is 14.4 Å². The molecule has 0 bridgehead atoms. The van der Waals surface area contributed by atoms with Crippen molar-refractivity contribution in [3.63, 3.8) is 0 Å². The van der Waals surface area contributed by atoms with Gasteiger partial charge in [0.25, 0.3) is 0 Å². The molecule has 6 heteroatoms. The van der Waals surface area contributed by atoms with Crippen LogP contribution in [0.5, 0.6) is 0 Å². The lowest BCUT2D eigenvalue weighted by molar-refractivity contribution is -0.139. The largest absolute Gasteiger partial charge is 0.481 e. The highest BCUT2D eigenvalue weighted by Crippen LogP contribution is 2.17. The maximum Gasteiger partial charge on any atom is 0.303 e. The van der Waals surface area contributed by atoms with Crippen molar-refractivity contribution in [1.82, 2.24) is 10.2 Å². The van der Waals surface area contributed by atoms with Gasteiger partial charge >= 0.3 is 5.97 Å². The van der Waals surface area contributed by atoms with Gasteiger partial charge in [-0.3, -0.25) is 14.4 Å². The lowest BCUT2D eigenvalue weighted by atomic mass is 9.95. The van der Waals surface area contributed by atoms with E-state index in [4.69, 9.17) is 5.11 Å². The monoisotopic (exact) mass is 256 g/mol. The Kier molecular flexibility index (Phi) is 5.61. The first-order chi connectivity index (χ1) is 8.50. The summed E-state index contributed by atoms with van der Waals surface area (Å²) in [4.78, 5) is 35.1. The molecule has 0 aromatic heterocycles. The summed E-state index contributed by atoms with van der Waals surface area (Å²) in [6, 6.07) is 0. The predicted molar refractivity (Wildman–Crippen MR) is 64.9 cm³/mol. The number of aliphatic carboxylic acids is 1. The van der Waals surface area contributed by atoms with Crippen LogP contribution in [0.2, 0.25) is 0 Å². The summed E-state index contributed by atoms with van der Waals surface area (Å²) in [5.41, 5.74) is 0. The maximum absolute atomic E-state index is 11.7. The Labute approximate surface area is 106 Å². The van der Waals surface area contributed by atoms with Crippen molar-refractivity contribution < 1.29 is 19.5 Å². The maximum atomic E-state index is 11.7. The molecule has 1 fully saturated rings. The van der Waals surface area contributed by atoms with E-state index in [1.165, 1.54) is 0 Å². The number of carboxylic acids is 1. The first-order valence-corrected chi connectivity index (χ1v) is 6.24. The fraction of sp³-hybridized carbons (Fsp3) is 0.750. The molecule has 1 aliphatic rings. The van der Waals surface area contributed by atoms with Gasteiger partial charge in [-0.25, -0.2) is 0 Å². The molecule has 1 unspecified atom stereocenters. The summed E-state index contributed by atoms with van der Waals surface area (Å²) in [6.45, 7) is 1.10. The smallest absolute Gasteiger partial charge is 0.303 e. The second-order valence-electron chi connectivity index (χ2n) is 4.65.